The van der Waals surface area contributed by atoms with Crippen molar-refractivity contribution in [2.75, 3.05) is 6.54 Å². The topological polar surface area (TPSA) is 64.0 Å². The van der Waals surface area contributed by atoms with E-state index in [1.54, 1.807) is 31.2 Å². The van der Waals surface area contributed by atoms with E-state index in [4.69, 9.17) is 11.6 Å². The Morgan fingerprint density at radius 3 is 2.70 bits per heavy atom. The Balaban J connectivity index is 1.77. The molecule has 2 unspecified atom stereocenters. The van der Waals surface area contributed by atoms with Crippen molar-refractivity contribution >= 4 is 40.2 Å². The zero-order valence-corrected chi connectivity index (χ0v) is 18.5. The third-order valence-electron chi connectivity index (χ3n) is 4.80. The normalized spacial score (nSPS) is 13.0. The van der Waals surface area contributed by atoms with Gasteiger partial charge >= 0.3 is 0 Å². The van der Waals surface area contributed by atoms with E-state index in [9.17, 15) is 9.59 Å². The van der Waals surface area contributed by atoms with Gasteiger partial charge in [-0.2, -0.15) is 0 Å². The first-order valence-electron chi connectivity index (χ1n) is 9.71. The Labute approximate surface area is 185 Å². The van der Waals surface area contributed by atoms with Crippen LogP contribution in [0.2, 0.25) is 5.02 Å². The van der Waals surface area contributed by atoms with Crippen LogP contribution in [-0.4, -0.2) is 27.3 Å². The average Bonchev–Trinajstić information content (AvgIpc) is 2.74. The second kappa shape index (κ2) is 9.96. The van der Waals surface area contributed by atoms with E-state index in [1.165, 1.54) is 21.9 Å². The van der Waals surface area contributed by atoms with Gasteiger partial charge in [0.2, 0.25) is 5.91 Å². The number of carbonyl (C=O) groups excluding carboxylic acids is 1. The zero-order valence-electron chi connectivity index (χ0n) is 17.0. The Morgan fingerprint density at radius 1 is 1.27 bits per heavy atom. The first-order valence-corrected chi connectivity index (χ1v) is 11.0. The van der Waals surface area contributed by atoms with Crippen molar-refractivity contribution in [3.8, 4) is 0 Å². The highest BCUT2D eigenvalue weighted by molar-refractivity contribution is 8.00. The highest BCUT2D eigenvalue weighted by atomic mass is 35.5. The number of thioether (sulfide) groups is 1. The van der Waals surface area contributed by atoms with Gasteiger partial charge in [-0.3, -0.25) is 14.2 Å². The molecule has 1 aromatic heterocycles. The van der Waals surface area contributed by atoms with Crippen molar-refractivity contribution in [2.45, 2.75) is 36.7 Å². The molecule has 0 aliphatic carbocycles. The summed E-state index contributed by atoms with van der Waals surface area (Å²) in [4.78, 5) is 30.2. The van der Waals surface area contributed by atoms with E-state index >= 15 is 0 Å². The number of hydrogen-bond donors (Lipinski definition) is 1. The van der Waals surface area contributed by atoms with Gasteiger partial charge in [0.25, 0.3) is 5.56 Å². The molecule has 0 fully saturated rings. The van der Waals surface area contributed by atoms with Gasteiger partial charge in [-0.25, -0.2) is 4.98 Å². The lowest BCUT2D eigenvalue weighted by molar-refractivity contribution is -0.120. The maximum Gasteiger partial charge on any atom is 0.262 e. The van der Waals surface area contributed by atoms with Crippen LogP contribution in [0.15, 0.2) is 71.1 Å². The number of nitrogens with zero attached hydrogens (tertiary/aromatic N) is 2. The molecule has 7 heteroatoms. The summed E-state index contributed by atoms with van der Waals surface area (Å²) in [6, 6.07) is 15.0. The van der Waals surface area contributed by atoms with Gasteiger partial charge in [0, 0.05) is 18.1 Å². The van der Waals surface area contributed by atoms with Crippen molar-refractivity contribution in [3.05, 3.63) is 82.1 Å². The van der Waals surface area contributed by atoms with Gasteiger partial charge in [-0.15, -0.1) is 6.58 Å². The van der Waals surface area contributed by atoms with E-state index in [0.717, 1.165) is 0 Å². The summed E-state index contributed by atoms with van der Waals surface area (Å²) < 4.78 is 1.53. The molecule has 0 aliphatic heterocycles. The monoisotopic (exact) mass is 441 g/mol. The van der Waals surface area contributed by atoms with Crippen molar-refractivity contribution in [1.29, 1.82) is 0 Å². The van der Waals surface area contributed by atoms with E-state index in [-0.39, 0.29) is 17.4 Å². The van der Waals surface area contributed by atoms with Gasteiger partial charge in [0.15, 0.2) is 5.16 Å². The van der Waals surface area contributed by atoms with E-state index < -0.39 is 5.25 Å². The van der Waals surface area contributed by atoms with Crippen molar-refractivity contribution in [1.82, 2.24) is 14.9 Å². The van der Waals surface area contributed by atoms with E-state index in [1.807, 2.05) is 30.3 Å². The summed E-state index contributed by atoms with van der Waals surface area (Å²) in [5.41, 5.74) is 1.51. The smallest absolute Gasteiger partial charge is 0.262 e. The molecule has 0 bridgehead atoms. The Morgan fingerprint density at radius 2 is 2.00 bits per heavy atom. The predicted molar refractivity (Wildman–Crippen MR) is 124 cm³/mol. The molecule has 0 saturated carbocycles. The lowest BCUT2D eigenvalue weighted by atomic mass is 10.0. The first kappa shape index (κ1) is 22.1. The van der Waals surface area contributed by atoms with Crippen LogP contribution in [0.3, 0.4) is 0 Å². The minimum absolute atomic E-state index is 0.103. The summed E-state index contributed by atoms with van der Waals surface area (Å²) in [6.45, 7) is 8.45. The van der Waals surface area contributed by atoms with Crippen LogP contribution in [0.4, 0.5) is 0 Å². The highest BCUT2D eigenvalue weighted by Gasteiger charge is 2.20. The molecule has 1 heterocycles. The number of nitrogens with one attached hydrogen (secondary N) is 1. The van der Waals surface area contributed by atoms with Crippen LogP contribution in [0.5, 0.6) is 0 Å². The minimum Gasteiger partial charge on any atom is -0.355 e. The maximum absolute atomic E-state index is 12.9. The van der Waals surface area contributed by atoms with Gasteiger partial charge < -0.3 is 5.32 Å². The molecule has 0 saturated heterocycles. The number of fused-ring (bicyclic) bond motifs is 1. The summed E-state index contributed by atoms with van der Waals surface area (Å²) in [6.07, 6.45) is 1.64. The number of rotatable bonds is 8. The second-order valence-electron chi connectivity index (χ2n) is 7.08. The molecule has 0 radical (unpaired) electrons. The van der Waals surface area contributed by atoms with Crippen molar-refractivity contribution in [3.63, 3.8) is 0 Å². The second-order valence-corrected chi connectivity index (χ2v) is 8.82. The molecule has 5 nitrogen and oxygen atoms in total. The molecule has 3 aromatic rings. The Bertz CT molecular complexity index is 1110. The molecule has 0 aliphatic rings. The molecule has 3 rings (SSSR count). The Kier molecular flexibility index (Phi) is 7.34. The van der Waals surface area contributed by atoms with E-state index in [0.29, 0.717) is 34.2 Å². The summed E-state index contributed by atoms with van der Waals surface area (Å²) in [5.74, 6) is 0.0978. The fourth-order valence-corrected chi connectivity index (χ4v) is 4.17. The lowest BCUT2D eigenvalue weighted by Crippen LogP contribution is -2.34. The van der Waals surface area contributed by atoms with Crippen LogP contribution in [0.25, 0.3) is 10.9 Å². The molecule has 1 N–H and O–H groups in total. The van der Waals surface area contributed by atoms with Crippen LogP contribution in [0.1, 0.15) is 25.3 Å². The average molecular weight is 442 g/mol. The minimum atomic E-state index is -0.424. The number of carbonyl (C=O) groups is 1. The SMILES string of the molecule is C=CCn1c(SC(C)C(=O)NCC(C)c2ccccc2)nc2cc(Cl)ccc2c1=O. The number of aromatic nitrogens is 2. The number of amides is 1. The van der Waals surface area contributed by atoms with Gasteiger partial charge in [-0.1, -0.05) is 66.7 Å². The molecule has 1 amide bonds. The van der Waals surface area contributed by atoms with Crippen LogP contribution in [0, 0.1) is 0 Å². The van der Waals surface area contributed by atoms with Crippen molar-refractivity contribution in [2.24, 2.45) is 0 Å². The summed E-state index contributed by atoms with van der Waals surface area (Å²) in [5, 5.41) is 4.03. The molecule has 156 valence electrons. The first-order chi connectivity index (χ1) is 14.4. The number of halogens is 1. The number of benzene rings is 2. The van der Waals surface area contributed by atoms with Gasteiger partial charge in [0.1, 0.15) is 0 Å². The molecule has 2 atom stereocenters. The van der Waals surface area contributed by atoms with Gasteiger partial charge in [0.05, 0.1) is 16.2 Å². The van der Waals surface area contributed by atoms with E-state index in [2.05, 4.69) is 23.8 Å². The molecular weight excluding hydrogens is 418 g/mol. The number of allylic oxidation sites excluding steroid dienone is 1. The fraction of sp³-hybridized carbons (Fsp3) is 0.261. The van der Waals surface area contributed by atoms with Crippen LogP contribution in [-0.2, 0) is 11.3 Å². The van der Waals surface area contributed by atoms with Gasteiger partial charge in [-0.05, 0) is 36.6 Å². The number of hydrogen-bond acceptors (Lipinski definition) is 4. The predicted octanol–water partition coefficient (Wildman–Crippen LogP) is 4.64. The lowest BCUT2D eigenvalue weighted by Gasteiger charge is -2.17. The maximum atomic E-state index is 12.9. The standard InChI is InChI=1S/C23H24ClN3O2S/c1-4-12-27-22(29)19-11-10-18(24)13-20(19)26-23(27)30-16(3)21(28)25-14-15(2)17-8-6-5-7-9-17/h4-11,13,15-16H,1,12,14H2,2-3H3,(H,25,28). The largest absolute Gasteiger partial charge is 0.355 e. The van der Waals surface area contributed by atoms with Crippen LogP contribution >= 0.6 is 23.4 Å². The third kappa shape index (κ3) is 5.12. The highest BCUT2D eigenvalue weighted by Crippen LogP contribution is 2.24. The molecule has 2 aromatic carbocycles. The zero-order chi connectivity index (χ0) is 21.7. The molecular formula is C23H24ClN3O2S. The fourth-order valence-electron chi connectivity index (χ4n) is 3.06. The Hall–Kier alpha value is -2.57. The van der Waals surface area contributed by atoms with Crippen molar-refractivity contribution < 1.29 is 4.79 Å². The quantitative estimate of drug-likeness (QED) is 0.314. The molecule has 30 heavy (non-hydrogen) atoms. The molecule has 0 spiro atoms. The summed E-state index contributed by atoms with van der Waals surface area (Å²) in [7, 11) is 0. The summed E-state index contributed by atoms with van der Waals surface area (Å²) >= 11 is 7.32. The third-order valence-corrected chi connectivity index (χ3v) is 6.12. The van der Waals surface area contributed by atoms with Crippen LogP contribution < -0.4 is 10.9 Å².